The van der Waals surface area contributed by atoms with E-state index in [4.69, 9.17) is 13.3 Å². The Hall–Kier alpha value is -1.48. The van der Waals surface area contributed by atoms with Crippen molar-refractivity contribution in [2.45, 2.75) is 117 Å². The molecule has 5 rings (SSSR count). The molecule has 0 aliphatic heterocycles. The summed E-state index contributed by atoms with van der Waals surface area (Å²) in [6.07, 6.45) is 10.7. The van der Waals surface area contributed by atoms with Crippen LogP contribution in [0, 0.1) is 40.4 Å². The number of fused-ring (bicyclic) bond motifs is 2. The molecule has 0 saturated heterocycles. The summed E-state index contributed by atoms with van der Waals surface area (Å²) in [5.41, 5.74) is 2.14. The first-order valence-electron chi connectivity index (χ1n) is 16.9. The van der Waals surface area contributed by atoms with E-state index < -0.39 is 24.5 Å². The molecule has 0 aromatic heterocycles. The zero-order valence-corrected chi connectivity index (χ0v) is 30.3. The van der Waals surface area contributed by atoms with E-state index in [0.717, 1.165) is 38.5 Å². The molecule has 0 amide bonds. The van der Waals surface area contributed by atoms with Gasteiger partial charge in [-0.15, -0.1) is 0 Å². The summed E-state index contributed by atoms with van der Waals surface area (Å²) in [5, 5.41) is 0.0404. The molecule has 0 radical (unpaired) electrons. The number of carbonyl (C=O) groups excluding carboxylic acids is 1. The minimum absolute atomic E-state index is 0.0404. The van der Waals surface area contributed by atoms with Crippen LogP contribution >= 0.6 is 0 Å². The maximum absolute atomic E-state index is 12.6. The van der Waals surface area contributed by atoms with Crippen LogP contribution in [0.1, 0.15) is 96.8 Å². The van der Waals surface area contributed by atoms with E-state index in [0.29, 0.717) is 29.9 Å². The Bertz CT molecular complexity index is 1350. The van der Waals surface area contributed by atoms with Gasteiger partial charge in [-0.3, -0.25) is 4.18 Å². The van der Waals surface area contributed by atoms with E-state index in [9.17, 15) is 13.2 Å². The molecular weight excluding hydrogens is 589 g/mol. The van der Waals surface area contributed by atoms with Crippen LogP contribution in [0.25, 0.3) is 0 Å². The Balaban J connectivity index is 1.32. The molecule has 246 valence electrons. The molecule has 6 nitrogen and oxygen atoms in total. The van der Waals surface area contributed by atoms with E-state index in [2.05, 4.69) is 60.7 Å². The van der Waals surface area contributed by atoms with Crippen molar-refractivity contribution < 1.29 is 26.6 Å². The van der Waals surface area contributed by atoms with E-state index >= 15 is 0 Å². The molecule has 4 aliphatic rings. The topological polar surface area (TPSA) is 78.9 Å². The van der Waals surface area contributed by atoms with Crippen molar-refractivity contribution in [3.05, 3.63) is 47.5 Å². The number of hydrogen-bond acceptors (Lipinski definition) is 6. The second-order valence-corrected chi connectivity index (χ2v) is 22.8. The van der Waals surface area contributed by atoms with Gasteiger partial charge in [0.2, 0.25) is 0 Å². The summed E-state index contributed by atoms with van der Waals surface area (Å²) in [4.78, 5) is 12.6. The highest BCUT2D eigenvalue weighted by atomic mass is 32.2. The summed E-state index contributed by atoms with van der Waals surface area (Å²) >= 11 is 0. The highest BCUT2D eigenvalue weighted by Crippen LogP contribution is 2.70. The van der Waals surface area contributed by atoms with Crippen molar-refractivity contribution in [1.29, 1.82) is 0 Å². The summed E-state index contributed by atoms with van der Waals surface area (Å²) in [6.45, 7) is 18.6. The lowest BCUT2D eigenvalue weighted by Crippen LogP contribution is -2.49. The molecule has 1 aromatic carbocycles. The van der Waals surface area contributed by atoms with Gasteiger partial charge >= 0.3 is 5.97 Å². The highest BCUT2D eigenvalue weighted by molar-refractivity contribution is 7.86. The number of carbonyl (C=O) groups is 1. The number of hydrogen-bond donors (Lipinski definition) is 0. The van der Waals surface area contributed by atoms with E-state index in [1.165, 1.54) is 12.7 Å². The van der Waals surface area contributed by atoms with Gasteiger partial charge in [0.1, 0.15) is 6.10 Å². The zero-order chi connectivity index (χ0) is 32.3. The first-order chi connectivity index (χ1) is 20.4. The summed E-state index contributed by atoms with van der Waals surface area (Å²) in [5.74, 6) is 1.70. The normalized spacial score (nSPS) is 36.0. The summed E-state index contributed by atoms with van der Waals surface area (Å²) in [7, 11) is -5.74. The van der Waals surface area contributed by atoms with Gasteiger partial charge in [-0.25, -0.2) is 4.79 Å². The zero-order valence-electron chi connectivity index (χ0n) is 28.5. The predicted molar refractivity (Wildman–Crippen MR) is 178 cm³/mol. The van der Waals surface area contributed by atoms with Gasteiger partial charge in [0, 0.05) is 5.41 Å². The Morgan fingerprint density at radius 1 is 1.14 bits per heavy atom. The largest absolute Gasteiger partial charge is 0.462 e. The van der Waals surface area contributed by atoms with Crippen molar-refractivity contribution in [2.24, 2.45) is 40.4 Å². The van der Waals surface area contributed by atoms with Crippen molar-refractivity contribution in [3.63, 3.8) is 0 Å². The van der Waals surface area contributed by atoms with Crippen molar-refractivity contribution in [3.8, 4) is 0 Å². The molecule has 44 heavy (non-hydrogen) atoms. The lowest BCUT2D eigenvalue weighted by molar-refractivity contribution is 0.0160. The van der Waals surface area contributed by atoms with Crippen molar-refractivity contribution >= 4 is 24.4 Å². The highest BCUT2D eigenvalue weighted by Gasteiger charge is 2.70. The molecule has 4 aliphatic carbocycles. The van der Waals surface area contributed by atoms with Crippen LogP contribution in [0.15, 0.2) is 42.0 Å². The molecule has 4 fully saturated rings. The fourth-order valence-corrected chi connectivity index (χ4v) is 11.3. The molecule has 9 atom stereocenters. The van der Waals surface area contributed by atoms with Crippen LogP contribution in [-0.2, 0) is 23.5 Å². The fourth-order valence-electron chi connectivity index (χ4n) is 9.26. The summed E-state index contributed by atoms with van der Waals surface area (Å²) in [6, 6.07) is 9.25. The molecule has 0 N–H and O–H groups in total. The molecular formula is C36H56O6SSi. The first kappa shape index (κ1) is 33.9. The van der Waals surface area contributed by atoms with Crippen LogP contribution in [-0.4, -0.2) is 47.8 Å². The molecule has 0 spiro atoms. The van der Waals surface area contributed by atoms with E-state index in [1.54, 1.807) is 17.7 Å². The number of benzene rings is 1. The van der Waals surface area contributed by atoms with Gasteiger partial charge in [-0.2, -0.15) is 8.42 Å². The Kier molecular flexibility index (Phi) is 9.20. The fraction of sp³-hybridized carbons (Fsp3) is 0.750. The Morgan fingerprint density at radius 3 is 2.45 bits per heavy atom. The second kappa shape index (κ2) is 12.0. The first-order valence-corrected chi connectivity index (χ1v) is 21.6. The second-order valence-electron chi connectivity index (χ2n) is 16.5. The average molecular weight is 645 g/mol. The van der Waals surface area contributed by atoms with Crippen molar-refractivity contribution in [2.75, 3.05) is 12.9 Å². The van der Waals surface area contributed by atoms with Gasteiger partial charge in [0.05, 0.1) is 24.5 Å². The van der Waals surface area contributed by atoms with Gasteiger partial charge < -0.3 is 9.16 Å². The minimum Gasteiger partial charge on any atom is -0.462 e. The number of ether oxygens (including phenoxy) is 1. The molecule has 0 heterocycles. The maximum Gasteiger partial charge on any atom is 0.338 e. The van der Waals surface area contributed by atoms with Crippen LogP contribution < -0.4 is 0 Å². The van der Waals surface area contributed by atoms with Crippen LogP contribution in [0.3, 0.4) is 0 Å². The third kappa shape index (κ3) is 6.39. The maximum atomic E-state index is 12.6. The number of rotatable bonds is 10. The Morgan fingerprint density at radius 2 is 1.82 bits per heavy atom. The van der Waals surface area contributed by atoms with Gasteiger partial charge in [0.15, 0.2) is 8.32 Å². The number of allylic oxidation sites excluding steroid dienone is 2. The molecule has 2 unspecified atom stereocenters. The average Bonchev–Trinajstić information content (AvgIpc) is 3.43. The standard InChI is InChI=1S/C36H56O6SSi/c1-24(23-40-33(37)26-14-11-10-12-15-26)29-17-18-30-27(16-13-19-35(29,30)6)20-25(2)36-22-28(36)21-31(32(36)41-43(7,38)39)42-44(8,9)34(3,4)5/h10-12,14-15,20,24-25,28-32H,13,16-19,21-23H2,1-9H3/b27-20+/t24-,25-,28?,29-,30+,31+,32?,35-,36-/m1/s1. The monoisotopic (exact) mass is 644 g/mol. The van der Waals surface area contributed by atoms with E-state index in [1.807, 2.05) is 18.2 Å². The third-order valence-electron chi connectivity index (χ3n) is 12.6. The van der Waals surface area contributed by atoms with Gasteiger partial charge in [-0.1, -0.05) is 71.4 Å². The predicted octanol–water partition coefficient (Wildman–Crippen LogP) is 8.40. The summed E-state index contributed by atoms with van der Waals surface area (Å²) < 4.78 is 43.8. The molecule has 0 bridgehead atoms. The van der Waals surface area contributed by atoms with Crippen LogP contribution in [0.4, 0.5) is 0 Å². The van der Waals surface area contributed by atoms with E-state index in [-0.39, 0.29) is 39.8 Å². The van der Waals surface area contributed by atoms with Crippen LogP contribution in [0.5, 0.6) is 0 Å². The smallest absolute Gasteiger partial charge is 0.338 e. The molecule has 4 saturated carbocycles. The lowest BCUT2D eigenvalue weighted by Gasteiger charge is -2.45. The Labute approximate surface area is 268 Å². The number of esters is 1. The van der Waals surface area contributed by atoms with Crippen LogP contribution in [0.2, 0.25) is 18.1 Å². The molecule has 8 heteroatoms. The van der Waals surface area contributed by atoms with Gasteiger partial charge in [-0.05, 0) is 110 Å². The molecule has 1 aromatic rings. The van der Waals surface area contributed by atoms with Crippen molar-refractivity contribution in [1.82, 2.24) is 0 Å². The third-order valence-corrected chi connectivity index (χ3v) is 17.7. The minimum atomic E-state index is -3.63. The quantitative estimate of drug-likeness (QED) is 0.110. The van der Waals surface area contributed by atoms with Gasteiger partial charge in [0.25, 0.3) is 10.1 Å². The lowest BCUT2D eigenvalue weighted by atomic mass is 9.61. The SMILES string of the molecule is C[C@H](COC(=O)c1ccccc1)[C@H]1CC[C@H]2/C(=C/[C@@H](C)[C@]34CC3C[C@H](O[Si](C)(C)C(C)(C)C)C4OS(C)(=O)=O)CCC[C@]12C.